The predicted molar refractivity (Wildman–Crippen MR) is 53.6 cm³/mol. The second-order valence-electron chi connectivity index (χ2n) is 2.14. The highest BCUT2D eigenvalue weighted by molar-refractivity contribution is 14.1. The van der Waals surface area contributed by atoms with Crippen LogP contribution in [0.5, 0.6) is 0 Å². The van der Waals surface area contributed by atoms with Crippen LogP contribution in [-0.4, -0.2) is 7.05 Å². The van der Waals surface area contributed by atoms with Crippen molar-refractivity contribution in [2.75, 3.05) is 10.2 Å². The fourth-order valence-electron chi connectivity index (χ4n) is 0.741. The zero-order valence-electron chi connectivity index (χ0n) is 6.08. The lowest BCUT2D eigenvalue weighted by molar-refractivity contribution is 1.40. The van der Waals surface area contributed by atoms with E-state index in [1.165, 1.54) is 0 Å². The number of hydrogen-bond acceptors (Lipinski definition) is 2. The van der Waals surface area contributed by atoms with Crippen molar-refractivity contribution in [3.8, 4) is 6.07 Å². The Morgan fingerprint density at radius 1 is 1.36 bits per heavy atom. The highest BCUT2D eigenvalue weighted by atomic mass is 127. The van der Waals surface area contributed by atoms with Gasteiger partial charge in [-0.3, -0.25) is 0 Å². The van der Waals surface area contributed by atoms with Gasteiger partial charge in [-0.2, -0.15) is 5.26 Å². The van der Waals surface area contributed by atoms with E-state index in [0.29, 0.717) is 5.56 Å². The molecule has 0 bridgehead atoms. The van der Waals surface area contributed by atoms with Gasteiger partial charge in [0.1, 0.15) is 0 Å². The van der Waals surface area contributed by atoms with Gasteiger partial charge in [0.05, 0.1) is 34.5 Å². The summed E-state index contributed by atoms with van der Waals surface area (Å²) in [6.45, 7) is 0. The Balaban J connectivity index is 2.94. The summed E-state index contributed by atoms with van der Waals surface area (Å²) >= 11 is 2.18. The number of nitrogens with zero attached hydrogens (tertiary/aromatic N) is 2. The quantitative estimate of drug-likeness (QED) is 0.571. The lowest BCUT2D eigenvalue weighted by Gasteiger charge is -2.08. The fourth-order valence-corrected chi connectivity index (χ4v) is 1.06. The van der Waals surface area contributed by atoms with Gasteiger partial charge in [-0.05, 0) is 24.3 Å². The smallest absolute Gasteiger partial charge is 0.0991 e. The summed E-state index contributed by atoms with van der Waals surface area (Å²) in [7, 11) is 1.96. The van der Waals surface area contributed by atoms with Gasteiger partial charge in [0, 0.05) is 12.7 Å². The van der Waals surface area contributed by atoms with E-state index in [1.54, 1.807) is 0 Å². The monoisotopic (exact) mass is 258 g/mol. The molecule has 1 aromatic rings. The molecule has 0 atom stereocenters. The molecule has 2 nitrogen and oxygen atoms in total. The number of hydrogen-bond donors (Lipinski definition) is 0. The Hall–Kier alpha value is -0.760. The molecule has 0 heterocycles. The molecular weight excluding hydrogens is 251 g/mol. The molecule has 0 saturated heterocycles. The van der Waals surface area contributed by atoms with Crippen LogP contribution in [0.1, 0.15) is 5.56 Å². The molecule has 0 spiro atoms. The largest absolute Gasteiger partial charge is 0.318 e. The summed E-state index contributed by atoms with van der Waals surface area (Å²) in [4.78, 5) is 0. The minimum atomic E-state index is 0.701. The molecule has 0 saturated carbocycles. The van der Waals surface area contributed by atoms with Gasteiger partial charge in [0.25, 0.3) is 0 Å². The van der Waals surface area contributed by atoms with E-state index in [4.69, 9.17) is 5.26 Å². The van der Waals surface area contributed by atoms with Gasteiger partial charge in [0.15, 0.2) is 0 Å². The van der Waals surface area contributed by atoms with E-state index < -0.39 is 0 Å². The first-order chi connectivity index (χ1) is 5.24. The summed E-state index contributed by atoms with van der Waals surface area (Å²) in [5.41, 5.74) is 1.80. The van der Waals surface area contributed by atoms with Crippen molar-refractivity contribution >= 4 is 28.6 Å². The van der Waals surface area contributed by atoms with E-state index in [1.807, 2.05) is 34.4 Å². The van der Waals surface area contributed by atoms with Gasteiger partial charge >= 0.3 is 0 Å². The third kappa shape index (κ3) is 2.09. The Morgan fingerprint density at radius 2 is 1.91 bits per heavy atom. The summed E-state index contributed by atoms with van der Waals surface area (Å²) in [6, 6.07) is 9.54. The van der Waals surface area contributed by atoms with E-state index in [0.717, 1.165) is 5.69 Å². The van der Waals surface area contributed by atoms with Crippen LogP contribution in [0.2, 0.25) is 0 Å². The molecule has 0 aromatic heterocycles. The molecule has 0 aliphatic rings. The van der Waals surface area contributed by atoms with Crippen molar-refractivity contribution in [2.24, 2.45) is 0 Å². The molecule has 3 heteroatoms. The highest BCUT2D eigenvalue weighted by Gasteiger charge is 1.94. The van der Waals surface area contributed by atoms with Gasteiger partial charge in [-0.25, -0.2) is 0 Å². The van der Waals surface area contributed by atoms with Crippen LogP contribution in [0, 0.1) is 11.3 Å². The summed E-state index contributed by atoms with van der Waals surface area (Å²) < 4.78 is 1.97. The fraction of sp³-hybridized carbons (Fsp3) is 0.125. The average Bonchev–Trinajstić information content (AvgIpc) is 2.05. The minimum absolute atomic E-state index is 0.701. The van der Waals surface area contributed by atoms with Gasteiger partial charge in [-0.15, -0.1) is 0 Å². The molecule has 0 radical (unpaired) electrons. The molecule has 0 fully saturated rings. The van der Waals surface area contributed by atoms with Crippen LogP contribution in [0.3, 0.4) is 0 Å². The number of halogens is 1. The normalized spacial score (nSPS) is 8.82. The zero-order valence-corrected chi connectivity index (χ0v) is 8.24. The van der Waals surface area contributed by atoms with Gasteiger partial charge < -0.3 is 3.11 Å². The maximum Gasteiger partial charge on any atom is 0.0991 e. The Bertz CT molecular complexity index is 271. The predicted octanol–water partition coefficient (Wildman–Crippen LogP) is 2.34. The number of benzene rings is 1. The van der Waals surface area contributed by atoms with Crippen LogP contribution in [-0.2, 0) is 0 Å². The van der Waals surface area contributed by atoms with Crippen molar-refractivity contribution in [3.63, 3.8) is 0 Å². The summed E-state index contributed by atoms with van der Waals surface area (Å²) in [5, 5.41) is 8.50. The van der Waals surface area contributed by atoms with Crippen molar-refractivity contribution in [1.29, 1.82) is 5.26 Å². The maximum atomic E-state index is 8.50. The van der Waals surface area contributed by atoms with Crippen LogP contribution in [0.4, 0.5) is 5.69 Å². The molecule has 56 valence electrons. The number of nitriles is 1. The molecule has 0 aliphatic carbocycles. The van der Waals surface area contributed by atoms with Crippen molar-refractivity contribution in [2.45, 2.75) is 0 Å². The maximum absolute atomic E-state index is 8.50. The SMILES string of the molecule is CN(I)c1ccc(C#N)cc1. The molecule has 11 heavy (non-hydrogen) atoms. The molecule has 0 amide bonds. The minimum Gasteiger partial charge on any atom is -0.318 e. The van der Waals surface area contributed by atoms with Crippen LogP contribution < -0.4 is 3.11 Å². The summed E-state index contributed by atoms with van der Waals surface area (Å²) in [5.74, 6) is 0. The van der Waals surface area contributed by atoms with Crippen molar-refractivity contribution in [1.82, 2.24) is 0 Å². The van der Waals surface area contributed by atoms with Crippen LogP contribution in [0.25, 0.3) is 0 Å². The zero-order chi connectivity index (χ0) is 8.27. The van der Waals surface area contributed by atoms with Crippen molar-refractivity contribution in [3.05, 3.63) is 29.8 Å². The second kappa shape index (κ2) is 3.58. The van der Waals surface area contributed by atoms with Crippen LogP contribution in [0.15, 0.2) is 24.3 Å². The van der Waals surface area contributed by atoms with E-state index in [-0.39, 0.29) is 0 Å². The van der Waals surface area contributed by atoms with E-state index in [9.17, 15) is 0 Å². The standard InChI is InChI=1S/C8H7IN2/c1-11(9)8-4-2-7(6-10)3-5-8/h2-5H,1H3. The molecule has 0 N–H and O–H groups in total. The molecule has 1 rings (SSSR count). The van der Waals surface area contributed by atoms with E-state index >= 15 is 0 Å². The first-order valence-corrected chi connectivity index (χ1v) is 4.10. The highest BCUT2D eigenvalue weighted by Crippen LogP contribution is 2.15. The average molecular weight is 258 g/mol. The Kier molecular flexibility index (Phi) is 2.71. The molecular formula is C8H7IN2. The Labute approximate surface area is 79.9 Å². The van der Waals surface area contributed by atoms with Crippen LogP contribution >= 0.6 is 22.9 Å². The third-order valence-corrected chi connectivity index (χ3v) is 1.91. The number of rotatable bonds is 1. The lowest BCUT2D eigenvalue weighted by Crippen LogP contribution is -1.98. The molecule has 0 unspecified atom stereocenters. The molecule has 0 aliphatic heterocycles. The topological polar surface area (TPSA) is 27.0 Å². The van der Waals surface area contributed by atoms with Gasteiger partial charge in [-0.1, -0.05) is 0 Å². The second-order valence-corrected chi connectivity index (χ2v) is 3.58. The number of anilines is 1. The summed E-state index contributed by atoms with van der Waals surface area (Å²) in [6.07, 6.45) is 0. The first-order valence-electron chi connectivity index (χ1n) is 3.13. The lowest BCUT2D eigenvalue weighted by atomic mass is 10.2. The molecule has 1 aromatic carbocycles. The first kappa shape index (κ1) is 8.34. The third-order valence-electron chi connectivity index (χ3n) is 1.35. The Morgan fingerprint density at radius 3 is 2.27 bits per heavy atom. The van der Waals surface area contributed by atoms with Crippen molar-refractivity contribution < 1.29 is 0 Å². The van der Waals surface area contributed by atoms with E-state index in [2.05, 4.69) is 28.9 Å². The van der Waals surface area contributed by atoms with Gasteiger partial charge in [0.2, 0.25) is 0 Å².